The van der Waals surface area contributed by atoms with Crippen molar-refractivity contribution in [3.8, 4) is 0 Å². The maximum atomic E-state index is 12.5. The topological polar surface area (TPSA) is 40.6 Å². The van der Waals surface area contributed by atoms with E-state index in [0.29, 0.717) is 13.1 Å². The highest BCUT2D eigenvalue weighted by Crippen LogP contribution is 2.22. The van der Waals surface area contributed by atoms with Gasteiger partial charge in [-0.15, -0.1) is 0 Å². The molecule has 4 nitrogen and oxygen atoms in total. The van der Waals surface area contributed by atoms with E-state index in [-0.39, 0.29) is 29.8 Å². The number of nitrogens with zero attached hydrogens (tertiary/aromatic N) is 2. The molecule has 0 N–H and O–H groups in total. The molecule has 0 aliphatic carbocycles. The third-order valence-electron chi connectivity index (χ3n) is 4.06. The summed E-state index contributed by atoms with van der Waals surface area (Å²) in [6.07, 6.45) is 1.94. The smallest absolute Gasteiger partial charge is 0.229 e. The molecule has 2 amide bonds. The number of hydrogen-bond acceptors (Lipinski definition) is 2. The Hall–Kier alpha value is -1.06. The molecule has 1 heterocycles. The zero-order chi connectivity index (χ0) is 13.9. The third kappa shape index (κ3) is 3.03. The Kier molecular flexibility index (Phi) is 5.17. The first-order valence-electron chi connectivity index (χ1n) is 6.99. The summed E-state index contributed by atoms with van der Waals surface area (Å²) in [5, 5.41) is 0. The van der Waals surface area contributed by atoms with Gasteiger partial charge >= 0.3 is 0 Å². The van der Waals surface area contributed by atoms with Gasteiger partial charge in [0.15, 0.2) is 0 Å². The molecule has 18 heavy (non-hydrogen) atoms. The maximum absolute atomic E-state index is 12.5. The Bertz CT molecular complexity index is 301. The molecule has 0 bridgehead atoms. The molecule has 1 aliphatic rings. The maximum Gasteiger partial charge on any atom is 0.229 e. The van der Waals surface area contributed by atoms with Gasteiger partial charge < -0.3 is 9.80 Å². The van der Waals surface area contributed by atoms with Crippen LogP contribution < -0.4 is 0 Å². The van der Waals surface area contributed by atoms with Gasteiger partial charge in [-0.1, -0.05) is 13.8 Å². The lowest BCUT2D eigenvalue weighted by atomic mass is 9.96. The average molecular weight is 254 g/mol. The van der Waals surface area contributed by atoms with Crippen LogP contribution in [-0.2, 0) is 9.59 Å². The van der Waals surface area contributed by atoms with Gasteiger partial charge in [0.25, 0.3) is 0 Å². The van der Waals surface area contributed by atoms with Crippen LogP contribution in [0.4, 0.5) is 0 Å². The van der Waals surface area contributed by atoms with Crippen molar-refractivity contribution in [3.05, 3.63) is 0 Å². The molecule has 0 saturated carbocycles. The Morgan fingerprint density at radius 3 is 1.94 bits per heavy atom. The predicted octanol–water partition coefficient (Wildman–Crippen LogP) is 1.89. The van der Waals surface area contributed by atoms with Gasteiger partial charge in [-0.2, -0.15) is 0 Å². The lowest BCUT2D eigenvalue weighted by molar-refractivity contribution is -0.150. The van der Waals surface area contributed by atoms with Crippen LogP contribution in [0.25, 0.3) is 0 Å². The standard InChI is InChI=1S/C14H26N2O2/c1-6-10(3)16(11(4)7-2)14(18)13-8-15(9-13)12(5)17/h10-11,13H,6-9H2,1-5H3/t10-,11+. The van der Waals surface area contributed by atoms with Gasteiger partial charge in [-0.3, -0.25) is 9.59 Å². The molecule has 0 aromatic heterocycles. The number of hydrogen-bond donors (Lipinski definition) is 0. The second kappa shape index (κ2) is 6.21. The zero-order valence-corrected chi connectivity index (χ0v) is 12.3. The largest absolute Gasteiger partial charge is 0.341 e. The number of rotatable bonds is 5. The summed E-state index contributed by atoms with van der Waals surface area (Å²) in [4.78, 5) is 27.4. The van der Waals surface area contributed by atoms with Crippen LogP contribution in [0.15, 0.2) is 0 Å². The predicted molar refractivity (Wildman–Crippen MR) is 72.1 cm³/mol. The van der Waals surface area contributed by atoms with Crippen molar-refractivity contribution < 1.29 is 9.59 Å². The summed E-state index contributed by atoms with van der Waals surface area (Å²) in [7, 11) is 0. The van der Waals surface area contributed by atoms with Gasteiger partial charge in [0, 0.05) is 32.1 Å². The normalized spacial score (nSPS) is 19.1. The Balaban J connectivity index is 2.64. The quantitative estimate of drug-likeness (QED) is 0.751. The molecule has 1 fully saturated rings. The molecule has 0 unspecified atom stereocenters. The summed E-state index contributed by atoms with van der Waals surface area (Å²) in [6.45, 7) is 11.2. The molecular formula is C14H26N2O2. The van der Waals surface area contributed by atoms with Crippen molar-refractivity contribution in [1.29, 1.82) is 0 Å². The lowest BCUT2D eigenvalue weighted by Gasteiger charge is -2.43. The molecule has 0 aromatic carbocycles. The lowest BCUT2D eigenvalue weighted by Crippen LogP contribution is -2.58. The Morgan fingerprint density at radius 2 is 1.61 bits per heavy atom. The second-order valence-electron chi connectivity index (χ2n) is 5.38. The average Bonchev–Trinajstić information content (AvgIpc) is 2.26. The first-order chi connectivity index (χ1) is 8.42. The van der Waals surface area contributed by atoms with E-state index >= 15 is 0 Å². The molecule has 104 valence electrons. The fourth-order valence-corrected chi connectivity index (χ4v) is 2.36. The third-order valence-corrected chi connectivity index (χ3v) is 4.06. The molecule has 1 rings (SSSR count). The molecule has 4 heteroatoms. The highest BCUT2D eigenvalue weighted by Gasteiger charge is 2.38. The first-order valence-corrected chi connectivity index (χ1v) is 6.99. The van der Waals surface area contributed by atoms with Gasteiger partial charge in [0.05, 0.1) is 5.92 Å². The number of carbonyl (C=O) groups is 2. The van der Waals surface area contributed by atoms with E-state index in [1.807, 2.05) is 4.90 Å². The van der Waals surface area contributed by atoms with E-state index < -0.39 is 0 Å². The van der Waals surface area contributed by atoms with Crippen LogP contribution in [-0.4, -0.2) is 46.8 Å². The van der Waals surface area contributed by atoms with Gasteiger partial charge in [-0.25, -0.2) is 0 Å². The van der Waals surface area contributed by atoms with Gasteiger partial charge in [-0.05, 0) is 26.7 Å². The van der Waals surface area contributed by atoms with Gasteiger partial charge in [0.2, 0.25) is 11.8 Å². The molecule has 0 aromatic rings. The van der Waals surface area contributed by atoms with Gasteiger partial charge in [0.1, 0.15) is 0 Å². The second-order valence-corrected chi connectivity index (χ2v) is 5.38. The molecule has 1 saturated heterocycles. The van der Waals surface area contributed by atoms with Crippen molar-refractivity contribution in [2.45, 2.75) is 59.5 Å². The summed E-state index contributed by atoms with van der Waals surface area (Å²) < 4.78 is 0. The number of amides is 2. The molecule has 1 aliphatic heterocycles. The Labute approximate surface area is 110 Å². The fourth-order valence-electron chi connectivity index (χ4n) is 2.36. The van der Waals surface area contributed by atoms with Crippen LogP contribution in [0.3, 0.4) is 0 Å². The summed E-state index contributed by atoms with van der Waals surface area (Å²) >= 11 is 0. The highest BCUT2D eigenvalue weighted by atomic mass is 16.2. The SMILES string of the molecule is CC[C@@H](C)N(C(=O)C1CN(C(C)=O)C1)[C@@H](C)CC. The van der Waals surface area contributed by atoms with Crippen LogP contribution in [0.5, 0.6) is 0 Å². The number of likely N-dealkylation sites (tertiary alicyclic amines) is 1. The highest BCUT2D eigenvalue weighted by molar-refractivity contribution is 5.84. The number of carbonyl (C=O) groups excluding carboxylic acids is 2. The van der Waals surface area contributed by atoms with Crippen molar-refractivity contribution in [1.82, 2.24) is 9.80 Å². The van der Waals surface area contributed by atoms with E-state index in [1.165, 1.54) is 0 Å². The van der Waals surface area contributed by atoms with Crippen molar-refractivity contribution in [2.24, 2.45) is 5.92 Å². The van der Waals surface area contributed by atoms with E-state index in [1.54, 1.807) is 11.8 Å². The van der Waals surface area contributed by atoms with Crippen molar-refractivity contribution in [3.63, 3.8) is 0 Å². The monoisotopic (exact) mass is 254 g/mol. The fraction of sp³-hybridized carbons (Fsp3) is 0.857. The van der Waals surface area contributed by atoms with Crippen LogP contribution in [0.2, 0.25) is 0 Å². The molecular weight excluding hydrogens is 228 g/mol. The van der Waals surface area contributed by atoms with E-state index in [2.05, 4.69) is 27.7 Å². The Morgan fingerprint density at radius 1 is 1.17 bits per heavy atom. The minimum absolute atomic E-state index is 0.0110. The van der Waals surface area contributed by atoms with Crippen LogP contribution >= 0.6 is 0 Å². The van der Waals surface area contributed by atoms with Crippen LogP contribution in [0.1, 0.15) is 47.5 Å². The molecule has 0 spiro atoms. The molecule has 2 atom stereocenters. The first kappa shape index (κ1) is 15.0. The molecule has 0 radical (unpaired) electrons. The van der Waals surface area contributed by atoms with Crippen LogP contribution in [0, 0.1) is 5.92 Å². The van der Waals surface area contributed by atoms with Crippen molar-refractivity contribution >= 4 is 11.8 Å². The minimum Gasteiger partial charge on any atom is -0.341 e. The van der Waals surface area contributed by atoms with E-state index in [0.717, 1.165) is 12.8 Å². The zero-order valence-electron chi connectivity index (χ0n) is 12.3. The minimum atomic E-state index is 0.0110. The van der Waals surface area contributed by atoms with E-state index in [4.69, 9.17) is 0 Å². The summed E-state index contributed by atoms with van der Waals surface area (Å²) in [5.41, 5.74) is 0. The van der Waals surface area contributed by atoms with E-state index in [9.17, 15) is 9.59 Å². The summed E-state index contributed by atoms with van der Waals surface area (Å²) in [6, 6.07) is 0.553. The summed E-state index contributed by atoms with van der Waals surface area (Å²) in [5.74, 6) is 0.297. The van der Waals surface area contributed by atoms with Crippen molar-refractivity contribution in [2.75, 3.05) is 13.1 Å².